The molecule has 32 heteroatoms. The van der Waals surface area contributed by atoms with Gasteiger partial charge < -0.3 is 143 Å². The van der Waals surface area contributed by atoms with Crippen molar-refractivity contribution in [2.24, 2.45) is 50.2 Å². The van der Waals surface area contributed by atoms with Gasteiger partial charge in [0.05, 0.1) is 49.1 Å². The third kappa shape index (κ3) is 12.6. The molecule has 0 radical (unpaired) electrons. The number of esters is 2. The lowest BCUT2D eigenvalue weighted by molar-refractivity contribution is -0.411. The van der Waals surface area contributed by atoms with Crippen LogP contribution in [0.15, 0.2) is 23.3 Å². The maximum atomic E-state index is 14.1. The van der Waals surface area contributed by atoms with Crippen molar-refractivity contribution in [2.45, 2.75) is 318 Å². The monoisotopic (exact) mass is 1450 g/mol. The van der Waals surface area contributed by atoms with Crippen molar-refractivity contribution in [3.05, 3.63) is 23.3 Å². The van der Waals surface area contributed by atoms with Gasteiger partial charge in [-0.2, -0.15) is 0 Å². The highest BCUT2D eigenvalue weighted by atomic mass is 16.8. The summed E-state index contributed by atoms with van der Waals surface area (Å²) in [7, 11) is 0. The number of carbonyl (C=O) groups is 3. The van der Waals surface area contributed by atoms with E-state index in [4.69, 9.17) is 61.6 Å². The zero-order valence-electron chi connectivity index (χ0n) is 59.1. The highest BCUT2D eigenvalue weighted by molar-refractivity contribution is 5.89. The second-order valence-corrected chi connectivity index (χ2v) is 32.3. The SMILES string of the molecule is C/C=C(/C)C(=O)O[C@H]1[C@H](OC(=O)/C(C)=C\C)[C@@]23[C@H](O)C[C@]4(C)[C@@](CC[C@@H]5[C@@]6(C)CC[C@H](O[C@@H]7O[C@H](C(=O)O)[C@@H](O)[C@H](O[C@@H]8O[C@H](CO)[C@H](O)[C@H](O)[C@H]8O[C@@H]8O[C@@H](C)[C@H](O)[C@@H](O)[C@H]8O[C@@H]8OC[C@@H](O)[C@H](O)[C@H]8O)[C@H]7O[C@@H]7O[C@H](CO)[C@H](O)[C@H](O)[C@H]7O)C(C)(C)[C@@H]6CC[C@]54C)(O[C@@H]2O)[C@@H]3CC1(C)C. The summed E-state index contributed by atoms with van der Waals surface area (Å²) in [5.74, 6) is -4.05. The minimum atomic E-state index is -2.37. The predicted octanol–water partition coefficient (Wildman–Crippen LogP) is -2.47. The number of aliphatic hydroxyl groups excluding tert-OH is 15. The van der Waals surface area contributed by atoms with Crippen molar-refractivity contribution in [2.75, 3.05) is 19.8 Å². The first-order valence-electron chi connectivity index (χ1n) is 35.4. The van der Waals surface area contributed by atoms with Gasteiger partial charge in [0.15, 0.2) is 49.9 Å². The van der Waals surface area contributed by atoms with Crippen molar-refractivity contribution in [1.29, 1.82) is 0 Å². The lowest BCUT2D eigenvalue weighted by Gasteiger charge is -2.75. The lowest BCUT2D eigenvalue weighted by atomic mass is 9.30. The van der Waals surface area contributed by atoms with Crippen LogP contribution >= 0.6 is 0 Å². The summed E-state index contributed by atoms with van der Waals surface area (Å²) in [5.41, 5.74) is -6.00. The van der Waals surface area contributed by atoms with E-state index in [2.05, 4.69) is 20.8 Å². The maximum Gasteiger partial charge on any atom is 0.335 e. The number of carbonyl (C=O) groups excluding carboxylic acids is 2. The largest absolute Gasteiger partial charge is 0.479 e. The molecule has 11 rings (SSSR count). The molecule has 11 aliphatic rings. The van der Waals surface area contributed by atoms with Gasteiger partial charge in [-0.1, -0.05) is 60.6 Å². The van der Waals surface area contributed by atoms with E-state index >= 15 is 0 Å². The van der Waals surface area contributed by atoms with Gasteiger partial charge in [-0.05, 0) is 114 Å². The van der Waals surface area contributed by atoms with Gasteiger partial charge in [-0.3, -0.25) is 0 Å². The van der Waals surface area contributed by atoms with Crippen LogP contribution in [0.5, 0.6) is 0 Å². The van der Waals surface area contributed by atoms with E-state index in [1.165, 1.54) is 6.92 Å². The number of ether oxygens (including phenoxy) is 13. The Balaban J connectivity index is 0.914. The number of hydrogen-bond acceptors (Lipinski definition) is 31. The average Bonchev–Trinajstić information content (AvgIpc) is 1.51. The summed E-state index contributed by atoms with van der Waals surface area (Å²) in [6.07, 6.45) is -46.9. The van der Waals surface area contributed by atoms with Gasteiger partial charge >= 0.3 is 17.9 Å². The van der Waals surface area contributed by atoms with Crippen LogP contribution in [0, 0.1) is 50.2 Å². The second kappa shape index (κ2) is 28.8. The fraction of sp³-hybridized carbons (Fsp3) is 0.899. The molecule has 32 nitrogen and oxygen atoms in total. The molecule has 101 heavy (non-hydrogen) atoms. The molecule has 11 fully saturated rings. The normalized spacial score (nSPS) is 52.6. The van der Waals surface area contributed by atoms with Crippen LogP contribution in [0.3, 0.4) is 0 Å². The molecule has 16 N–H and O–H groups in total. The zero-order valence-corrected chi connectivity index (χ0v) is 59.1. The number of carboxylic acid groups (broad SMARTS) is 1. The fourth-order valence-corrected chi connectivity index (χ4v) is 20.4. The minimum absolute atomic E-state index is 0.1000. The van der Waals surface area contributed by atoms with Crippen LogP contribution < -0.4 is 0 Å². The summed E-state index contributed by atoms with van der Waals surface area (Å²) in [5, 5.41) is 181. The number of fused-ring (bicyclic) bond motifs is 4. The maximum absolute atomic E-state index is 14.1. The molecule has 5 saturated carbocycles. The fourth-order valence-electron chi connectivity index (χ4n) is 20.4. The molecular formula is C69H108O32. The van der Waals surface area contributed by atoms with Crippen molar-refractivity contribution >= 4 is 17.9 Å². The third-order valence-corrected chi connectivity index (χ3v) is 26.5. The van der Waals surface area contributed by atoms with Crippen molar-refractivity contribution in [1.82, 2.24) is 0 Å². The van der Waals surface area contributed by atoms with E-state index in [1.54, 1.807) is 39.8 Å². The number of aliphatic carboxylic acids is 1. The Morgan fingerprint density at radius 2 is 1.04 bits per heavy atom. The molecule has 0 aromatic carbocycles. The molecule has 2 bridgehead atoms. The van der Waals surface area contributed by atoms with Crippen LogP contribution in [0.2, 0.25) is 0 Å². The molecular weight excluding hydrogens is 1340 g/mol. The Hall–Kier alpha value is -3.15. The van der Waals surface area contributed by atoms with Crippen LogP contribution in [-0.2, 0) is 76.0 Å². The van der Waals surface area contributed by atoms with Gasteiger partial charge in [0, 0.05) is 27.9 Å². The first-order chi connectivity index (χ1) is 47.2. The molecule has 6 heterocycles. The van der Waals surface area contributed by atoms with Gasteiger partial charge in [-0.25, -0.2) is 14.4 Å². The van der Waals surface area contributed by atoms with E-state index < -0.39 is 260 Å². The Bertz CT molecular complexity index is 3040. The third-order valence-electron chi connectivity index (χ3n) is 26.5. The van der Waals surface area contributed by atoms with Crippen LogP contribution in [0.4, 0.5) is 0 Å². The van der Waals surface area contributed by atoms with Crippen LogP contribution in [0.25, 0.3) is 0 Å². The molecule has 576 valence electrons. The first-order valence-corrected chi connectivity index (χ1v) is 35.4. The molecule has 6 saturated heterocycles. The average molecular weight is 1450 g/mol. The summed E-state index contributed by atoms with van der Waals surface area (Å²) in [6.45, 7) is 19.8. The highest BCUT2D eigenvalue weighted by Gasteiger charge is 2.86. The molecule has 5 aliphatic carbocycles. The number of carboxylic acids is 1. The Labute approximate surface area is 585 Å². The lowest BCUT2D eigenvalue weighted by Crippen LogP contribution is -2.77. The number of rotatable bonds is 17. The van der Waals surface area contributed by atoms with Gasteiger partial charge in [0.1, 0.15) is 110 Å². The highest BCUT2D eigenvalue weighted by Crippen LogP contribution is 2.82. The van der Waals surface area contributed by atoms with E-state index in [-0.39, 0.29) is 30.3 Å². The minimum Gasteiger partial charge on any atom is -0.479 e. The Kier molecular flexibility index (Phi) is 22.5. The number of hydrogen-bond donors (Lipinski definition) is 16. The van der Waals surface area contributed by atoms with E-state index in [1.807, 2.05) is 27.7 Å². The van der Waals surface area contributed by atoms with E-state index in [0.717, 1.165) is 0 Å². The molecule has 0 unspecified atom stereocenters. The van der Waals surface area contributed by atoms with Crippen molar-refractivity contribution < 1.29 is 158 Å². The molecule has 0 aromatic rings. The number of aliphatic hydroxyl groups is 15. The standard InChI is InChI=1S/C69H108O32/c1-13-26(3)55(86)99-52-53(100-56(87)27(4)14-2)69-34(21-63(52,6)7)68(101-62(69)88)20-16-33-65(10)18-17-36(64(8,9)32(65)15-19-66(33,11)67(68,12)22-35(69)73)93-61-51(98-58-45(82)41(78)39(76)30(23-70)91-58)47(46(83)48(95-61)54(84)85)94-60-50(43(80)40(77)31(24-71)92-60)97-59-49(42(79)37(74)28(5)90-59)96-57-44(81)38(75)29(72)25-89-57/h13-14,28-53,57-62,70-83,88H,15-25H2,1-12H3,(H,84,85)/b26-13-,27-14-/t28-,29+,30+,31+,32-,33+,34-,35+,36-,37-,38-,39-,40-,41-,42+,43-,44+,45+,46-,47-,48-,49+,50+,51+,52-,53-,57-,58-,59-,60-,61+,62-,65-,66+,67-,68-,69+/m0/s1. The molecule has 0 amide bonds. The van der Waals surface area contributed by atoms with Gasteiger partial charge in [0.2, 0.25) is 0 Å². The summed E-state index contributed by atoms with van der Waals surface area (Å²) < 4.78 is 81.5. The second-order valence-electron chi connectivity index (χ2n) is 32.3. The Morgan fingerprint density at radius 3 is 1.64 bits per heavy atom. The number of allylic oxidation sites excluding steroid dienone is 2. The molecule has 1 spiro atoms. The zero-order chi connectivity index (χ0) is 74.2. The summed E-state index contributed by atoms with van der Waals surface area (Å²) in [6, 6.07) is 0. The van der Waals surface area contributed by atoms with Gasteiger partial charge in [0.25, 0.3) is 0 Å². The van der Waals surface area contributed by atoms with Gasteiger partial charge in [-0.15, -0.1) is 0 Å². The first kappa shape index (κ1) is 78.9. The van der Waals surface area contributed by atoms with E-state index in [0.29, 0.717) is 44.1 Å². The Morgan fingerprint density at radius 1 is 0.515 bits per heavy atom. The molecule has 0 aromatic heterocycles. The van der Waals surface area contributed by atoms with Crippen LogP contribution in [-0.4, -0.2) is 303 Å². The van der Waals surface area contributed by atoms with E-state index in [9.17, 15) is 96.1 Å². The summed E-state index contributed by atoms with van der Waals surface area (Å²) in [4.78, 5) is 41.3. The summed E-state index contributed by atoms with van der Waals surface area (Å²) >= 11 is 0. The predicted molar refractivity (Wildman–Crippen MR) is 338 cm³/mol. The smallest absolute Gasteiger partial charge is 0.335 e. The quantitative estimate of drug-likeness (QED) is 0.0407. The molecule has 6 aliphatic heterocycles. The van der Waals surface area contributed by atoms with Crippen molar-refractivity contribution in [3.63, 3.8) is 0 Å². The topological polar surface area (TPSA) is 495 Å². The van der Waals surface area contributed by atoms with Crippen LogP contribution in [0.1, 0.15) is 134 Å². The molecule has 37 atom stereocenters. The van der Waals surface area contributed by atoms with Crippen molar-refractivity contribution in [3.8, 4) is 0 Å².